The van der Waals surface area contributed by atoms with Crippen LogP contribution in [0.2, 0.25) is 0 Å². The van der Waals surface area contributed by atoms with Crippen LogP contribution in [0.3, 0.4) is 0 Å². The molecular weight excluding hydrogens is 435 g/mol. The minimum atomic E-state index is -4.61. The van der Waals surface area contributed by atoms with E-state index in [1.165, 1.54) is 30.3 Å². The Balaban J connectivity index is 2.14. The Kier molecular flexibility index (Phi) is 7.24. The number of anilines is 2. The van der Waals surface area contributed by atoms with Crippen LogP contribution < -0.4 is 15.5 Å². The number of carbonyl (C=O) groups is 1. The lowest BCUT2D eigenvalue weighted by Gasteiger charge is -2.11. The lowest BCUT2D eigenvalue weighted by atomic mass is 10.2. The summed E-state index contributed by atoms with van der Waals surface area (Å²) in [7, 11) is -4.15. The average Bonchev–Trinajstić information content (AvgIpc) is 2.67. The smallest absolute Gasteiger partial charge is 0.348 e. The number of hydrazone groups is 1. The van der Waals surface area contributed by atoms with Gasteiger partial charge in [0.25, 0.3) is 15.9 Å². The summed E-state index contributed by atoms with van der Waals surface area (Å²) in [6.45, 7) is 3.43. The molecule has 0 aromatic heterocycles. The molecular formula is C19H18F3N5O3S. The summed E-state index contributed by atoms with van der Waals surface area (Å²) in [5.41, 5.74) is 1.10. The molecule has 2 aromatic rings. The first-order chi connectivity index (χ1) is 14.4. The molecule has 0 spiro atoms. The Hall–Kier alpha value is -3.59. The number of nitriles is 1. The molecule has 2 aromatic carbocycles. The number of benzene rings is 2. The molecule has 12 heteroatoms. The van der Waals surface area contributed by atoms with Crippen LogP contribution in [-0.4, -0.2) is 26.1 Å². The number of nitrogens with one attached hydrogen (secondary N) is 3. The first kappa shape index (κ1) is 23.7. The molecule has 1 amide bonds. The third kappa shape index (κ3) is 6.71. The molecule has 0 aliphatic heterocycles. The van der Waals surface area contributed by atoms with Gasteiger partial charge >= 0.3 is 6.18 Å². The molecule has 0 saturated heterocycles. The summed E-state index contributed by atoms with van der Waals surface area (Å²) in [5, 5.41) is 15.2. The maximum absolute atomic E-state index is 12.8. The number of carbonyl (C=O) groups excluding carboxylic acids is 1. The maximum atomic E-state index is 12.8. The Morgan fingerprint density at radius 2 is 1.74 bits per heavy atom. The highest BCUT2D eigenvalue weighted by Gasteiger charge is 2.30. The number of amides is 1. The number of alkyl halides is 3. The van der Waals surface area contributed by atoms with Gasteiger partial charge in [-0.05, 0) is 56.3 Å². The largest absolute Gasteiger partial charge is 0.416 e. The van der Waals surface area contributed by atoms with Gasteiger partial charge in [-0.15, -0.1) is 0 Å². The van der Waals surface area contributed by atoms with Crippen molar-refractivity contribution in [1.82, 2.24) is 5.32 Å². The van der Waals surface area contributed by atoms with E-state index < -0.39 is 33.4 Å². The monoisotopic (exact) mass is 453 g/mol. The van der Waals surface area contributed by atoms with Gasteiger partial charge in [0.05, 0.1) is 16.1 Å². The number of nitrogens with zero attached hydrogens (tertiary/aromatic N) is 2. The fourth-order valence-electron chi connectivity index (χ4n) is 2.26. The van der Waals surface area contributed by atoms with Gasteiger partial charge in [-0.2, -0.15) is 23.5 Å². The second-order valence-corrected chi connectivity index (χ2v) is 8.20. The molecule has 0 saturated carbocycles. The molecule has 0 unspecified atom stereocenters. The van der Waals surface area contributed by atoms with Gasteiger partial charge in [0, 0.05) is 11.7 Å². The molecule has 0 atom stereocenters. The maximum Gasteiger partial charge on any atom is 0.416 e. The molecule has 164 valence electrons. The fraction of sp³-hybridized carbons (Fsp3) is 0.211. The van der Waals surface area contributed by atoms with Crippen molar-refractivity contribution in [3.05, 3.63) is 54.1 Å². The van der Waals surface area contributed by atoms with Crippen LogP contribution in [0.1, 0.15) is 19.4 Å². The molecule has 8 nitrogen and oxygen atoms in total. The summed E-state index contributed by atoms with van der Waals surface area (Å²) in [6.07, 6.45) is -4.61. The van der Waals surface area contributed by atoms with Crippen LogP contribution >= 0.6 is 0 Å². The zero-order valence-corrected chi connectivity index (χ0v) is 17.2. The summed E-state index contributed by atoms with van der Waals surface area (Å²) < 4.78 is 65.4. The first-order valence-corrected chi connectivity index (χ1v) is 10.3. The molecule has 0 fully saturated rings. The third-order valence-electron chi connectivity index (χ3n) is 3.64. The highest BCUT2D eigenvalue weighted by molar-refractivity contribution is 7.92. The zero-order valence-electron chi connectivity index (χ0n) is 16.4. The summed E-state index contributed by atoms with van der Waals surface area (Å²) in [5.74, 6) is -0.672. The van der Waals surface area contributed by atoms with Gasteiger partial charge in [0.15, 0.2) is 0 Å². The van der Waals surface area contributed by atoms with Gasteiger partial charge in [-0.3, -0.25) is 14.9 Å². The van der Waals surface area contributed by atoms with Crippen LogP contribution in [0.15, 0.2) is 58.5 Å². The van der Waals surface area contributed by atoms with Crippen LogP contribution in [0, 0.1) is 11.3 Å². The van der Waals surface area contributed by atoms with Gasteiger partial charge < -0.3 is 5.32 Å². The van der Waals surface area contributed by atoms with E-state index in [1.54, 1.807) is 19.9 Å². The lowest BCUT2D eigenvalue weighted by Crippen LogP contribution is -2.35. The minimum Gasteiger partial charge on any atom is -0.348 e. The topological polar surface area (TPSA) is 123 Å². The van der Waals surface area contributed by atoms with Crippen LogP contribution in [0.5, 0.6) is 0 Å². The second-order valence-electron chi connectivity index (χ2n) is 6.52. The highest BCUT2D eigenvalue weighted by Crippen LogP contribution is 2.31. The minimum absolute atomic E-state index is 0.195. The van der Waals surface area contributed by atoms with Crippen molar-refractivity contribution in [2.24, 2.45) is 5.10 Å². The number of rotatable bonds is 7. The quantitative estimate of drug-likeness (QED) is 0.438. The van der Waals surface area contributed by atoms with E-state index in [0.717, 1.165) is 12.1 Å². The molecule has 2 rings (SSSR count). The number of hydrogen-bond acceptors (Lipinski definition) is 6. The molecule has 3 N–H and O–H groups in total. The Morgan fingerprint density at radius 3 is 2.29 bits per heavy atom. The van der Waals surface area contributed by atoms with Gasteiger partial charge in [0.1, 0.15) is 6.07 Å². The zero-order chi connectivity index (χ0) is 23.2. The second kappa shape index (κ2) is 9.48. The SMILES string of the molecule is CC(C)NC(=O)/C(C#N)=N/Nc1ccc(S(=O)(=O)Nc2cccc(C(F)(F)F)c2)cc1. The molecule has 31 heavy (non-hydrogen) atoms. The van der Waals surface area contributed by atoms with E-state index in [1.807, 2.05) is 0 Å². The van der Waals surface area contributed by atoms with Gasteiger partial charge in [-0.1, -0.05) is 6.07 Å². The standard InChI is InChI=1S/C19H18F3N5O3S/c1-12(2)24-18(28)17(11-23)26-25-14-6-8-16(9-7-14)31(29,30)27-15-5-3-4-13(10-15)19(20,21)22/h3-10,12,25,27H,1-2H3,(H,24,28)/b26-17+. The fourth-order valence-corrected chi connectivity index (χ4v) is 3.31. The van der Waals surface area contributed by atoms with Crippen LogP contribution in [0.25, 0.3) is 0 Å². The average molecular weight is 453 g/mol. The Morgan fingerprint density at radius 1 is 1.10 bits per heavy atom. The van der Waals surface area contributed by atoms with E-state index in [2.05, 4.69) is 20.6 Å². The first-order valence-electron chi connectivity index (χ1n) is 8.77. The van der Waals surface area contributed by atoms with Crippen molar-refractivity contribution in [2.45, 2.75) is 31.0 Å². The highest BCUT2D eigenvalue weighted by atomic mass is 32.2. The lowest BCUT2D eigenvalue weighted by molar-refractivity contribution is -0.137. The van der Waals surface area contributed by atoms with Crippen molar-refractivity contribution >= 4 is 33.0 Å². The molecule has 0 radical (unpaired) electrons. The predicted octanol–water partition coefficient (Wildman–Crippen LogP) is 3.32. The molecule has 0 aliphatic carbocycles. The van der Waals surface area contributed by atoms with E-state index in [4.69, 9.17) is 5.26 Å². The molecule has 0 aliphatic rings. The van der Waals surface area contributed by atoms with Crippen molar-refractivity contribution in [3.8, 4) is 6.07 Å². The van der Waals surface area contributed by atoms with Crippen molar-refractivity contribution < 1.29 is 26.4 Å². The normalized spacial score (nSPS) is 12.2. The Labute approximate surface area is 176 Å². The van der Waals surface area contributed by atoms with E-state index in [0.29, 0.717) is 6.07 Å². The van der Waals surface area contributed by atoms with E-state index >= 15 is 0 Å². The molecule has 0 heterocycles. The summed E-state index contributed by atoms with van der Waals surface area (Å²) >= 11 is 0. The van der Waals surface area contributed by atoms with Gasteiger partial charge in [-0.25, -0.2) is 8.42 Å². The van der Waals surface area contributed by atoms with E-state index in [-0.39, 0.29) is 22.3 Å². The third-order valence-corrected chi connectivity index (χ3v) is 5.04. The van der Waals surface area contributed by atoms with Crippen molar-refractivity contribution in [3.63, 3.8) is 0 Å². The number of hydrogen-bond donors (Lipinski definition) is 3. The van der Waals surface area contributed by atoms with Crippen molar-refractivity contribution in [2.75, 3.05) is 10.1 Å². The summed E-state index contributed by atoms with van der Waals surface area (Å²) in [4.78, 5) is 11.6. The van der Waals surface area contributed by atoms with Crippen molar-refractivity contribution in [1.29, 1.82) is 5.26 Å². The van der Waals surface area contributed by atoms with Gasteiger partial charge in [0.2, 0.25) is 5.71 Å². The predicted molar refractivity (Wildman–Crippen MR) is 109 cm³/mol. The summed E-state index contributed by atoms with van der Waals surface area (Å²) in [6, 6.07) is 10.3. The van der Waals surface area contributed by atoms with E-state index in [9.17, 15) is 26.4 Å². The van der Waals surface area contributed by atoms with Crippen LogP contribution in [0.4, 0.5) is 24.5 Å². The number of halogens is 3. The number of sulfonamides is 1. The Bertz CT molecular complexity index is 1120. The molecule has 0 bridgehead atoms. The van der Waals surface area contributed by atoms with Crippen LogP contribution in [-0.2, 0) is 21.0 Å².